The molecule has 12 heavy (non-hydrogen) atoms. The third-order valence-corrected chi connectivity index (χ3v) is 3.07. The molecule has 3 nitrogen and oxygen atoms in total. The van der Waals surface area contributed by atoms with Gasteiger partial charge in [0.05, 0.1) is 6.10 Å². The van der Waals surface area contributed by atoms with Crippen LogP contribution >= 0.6 is 0 Å². The maximum Gasteiger partial charge on any atom is 0.0793 e. The molecule has 0 aliphatic carbocycles. The van der Waals surface area contributed by atoms with Crippen molar-refractivity contribution in [1.29, 1.82) is 0 Å². The maximum atomic E-state index is 9.60. The number of nitrogens with zero attached hydrogens (tertiary/aromatic N) is 2. The van der Waals surface area contributed by atoms with Crippen molar-refractivity contribution in [1.82, 2.24) is 9.80 Å². The molecule has 0 spiro atoms. The molecule has 1 N–H and O–H groups in total. The number of fused-ring (bicyclic) bond motifs is 4. The Morgan fingerprint density at radius 1 is 1.25 bits per heavy atom. The molecule has 4 atom stereocenters. The molecule has 2 bridgehead atoms. The van der Waals surface area contributed by atoms with Gasteiger partial charge in [-0.1, -0.05) is 6.92 Å². The molecule has 3 heteroatoms. The summed E-state index contributed by atoms with van der Waals surface area (Å²) in [7, 11) is 0. The minimum absolute atomic E-state index is 0.121. The Morgan fingerprint density at radius 3 is 2.83 bits per heavy atom. The lowest BCUT2D eigenvalue weighted by Crippen LogP contribution is -2.49. The highest BCUT2D eigenvalue weighted by Crippen LogP contribution is 2.17. The first-order valence-electron chi connectivity index (χ1n) is 4.94. The molecule has 3 aliphatic heterocycles. The van der Waals surface area contributed by atoms with Gasteiger partial charge in [0.15, 0.2) is 0 Å². The van der Waals surface area contributed by atoms with Crippen LogP contribution in [0.2, 0.25) is 0 Å². The summed E-state index contributed by atoms with van der Waals surface area (Å²) in [6, 6.07) is 0.691. The number of hydrogen-bond acceptors (Lipinski definition) is 3. The first-order valence-corrected chi connectivity index (χ1v) is 4.94. The fourth-order valence-electron chi connectivity index (χ4n) is 2.38. The zero-order valence-corrected chi connectivity index (χ0v) is 7.74. The fourth-order valence-corrected chi connectivity index (χ4v) is 2.38. The average molecular weight is 170 g/mol. The van der Waals surface area contributed by atoms with Gasteiger partial charge in [0.2, 0.25) is 0 Å². The predicted octanol–water partition coefficient (Wildman–Crippen LogP) is -0.243. The lowest BCUT2D eigenvalue weighted by Gasteiger charge is -2.36. The summed E-state index contributed by atoms with van der Waals surface area (Å²) in [4.78, 5) is 4.83. The van der Waals surface area contributed by atoms with E-state index < -0.39 is 0 Å². The van der Waals surface area contributed by atoms with Gasteiger partial charge in [-0.15, -0.1) is 0 Å². The number of aliphatic hydroxyl groups is 1. The molecule has 0 amide bonds. The third-order valence-electron chi connectivity index (χ3n) is 3.07. The van der Waals surface area contributed by atoms with Crippen LogP contribution in [0.1, 0.15) is 13.3 Å². The van der Waals surface area contributed by atoms with E-state index in [2.05, 4.69) is 16.7 Å². The van der Waals surface area contributed by atoms with E-state index in [0.717, 1.165) is 32.7 Å². The van der Waals surface area contributed by atoms with Crippen molar-refractivity contribution in [3.05, 3.63) is 0 Å². The van der Waals surface area contributed by atoms with Gasteiger partial charge in [-0.25, -0.2) is 0 Å². The lowest BCUT2D eigenvalue weighted by molar-refractivity contribution is 0.106. The van der Waals surface area contributed by atoms with E-state index in [1.54, 1.807) is 0 Å². The second kappa shape index (κ2) is 3.32. The first kappa shape index (κ1) is 8.48. The SMILES string of the molecule is CCC1CN2CCN1CC(O)C2. The topological polar surface area (TPSA) is 26.7 Å². The molecule has 70 valence electrons. The largest absolute Gasteiger partial charge is 0.390 e. The summed E-state index contributed by atoms with van der Waals surface area (Å²) in [6.07, 6.45) is 1.09. The first-order chi connectivity index (χ1) is 5.79. The van der Waals surface area contributed by atoms with Crippen molar-refractivity contribution in [2.24, 2.45) is 0 Å². The second-order valence-corrected chi connectivity index (χ2v) is 3.97. The Morgan fingerprint density at radius 2 is 2.08 bits per heavy atom. The van der Waals surface area contributed by atoms with Gasteiger partial charge in [-0.3, -0.25) is 9.80 Å². The Labute approximate surface area is 74.0 Å². The molecule has 3 fully saturated rings. The van der Waals surface area contributed by atoms with E-state index in [1.165, 1.54) is 6.42 Å². The highest BCUT2D eigenvalue weighted by Gasteiger charge is 2.31. The summed E-state index contributed by atoms with van der Waals surface area (Å²) < 4.78 is 0. The smallest absolute Gasteiger partial charge is 0.0793 e. The van der Waals surface area contributed by atoms with E-state index in [0.29, 0.717) is 6.04 Å². The lowest BCUT2D eigenvalue weighted by atomic mass is 10.1. The van der Waals surface area contributed by atoms with E-state index in [1.807, 2.05) is 0 Å². The Kier molecular flexibility index (Phi) is 2.35. The van der Waals surface area contributed by atoms with Crippen molar-refractivity contribution >= 4 is 0 Å². The van der Waals surface area contributed by atoms with Crippen LogP contribution in [-0.2, 0) is 0 Å². The number of aliphatic hydroxyl groups excluding tert-OH is 1. The molecule has 0 radical (unpaired) electrons. The van der Waals surface area contributed by atoms with Crippen LogP contribution in [-0.4, -0.2) is 59.8 Å². The van der Waals surface area contributed by atoms with Crippen molar-refractivity contribution in [3.8, 4) is 0 Å². The minimum Gasteiger partial charge on any atom is -0.390 e. The van der Waals surface area contributed by atoms with Gasteiger partial charge < -0.3 is 5.11 Å². The van der Waals surface area contributed by atoms with Crippen molar-refractivity contribution in [2.45, 2.75) is 25.5 Å². The molecule has 3 rings (SSSR count). The quantitative estimate of drug-likeness (QED) is 0.588. The molecule has 3 aliphatic rings. The number of hydrogen-bond donors (Lipinski definition) is 1. The van der Waals surface area contributed by atoms with Crippen LogP contribution in [0.25, 0.3) is 0 Å². The predicted molar refractivity (Wildman–Crippen MR) is 48.1 cm³/mol. The highest BCUT2D eigenvalue weighted by molar-refractivity contribution is 4.88. The summed E-state index contributed by atoms with van der Waals surface area (Å²) in [5, 5.41) is 9.60. The van der Waals surface area contributed by atoms with Crippen LogP contribution in [0.3, 0.4) is 0 Å². The maximum absolute atomic E-state index is 9.60. The highest BCUT2D eigenvalue weighted by atomic mass is 16.3. The number of rotatable bonds is 1. The Bertz CT molecular complexity index is 163. The molecule has 3 saturated heterocycles. The van der Waals surface area contributed by atoms with Crippen LogP contribution in [0.5, 0.6) is 0 Å². The van der Waals surface area contributed by atoms with E-state index in [4.69, 9.17) is 0 Å². The molecule has 0 aromatic rings. The zero-order chi connectivity index (χ0) is 8.55. The normalized spacial score (nSPS) is 47.5. The van der Waals surface area contributed by atoms with E-state index in [9.17, 15) is 5.11 Å². The summed E-state index contributed by atoms with van der Waals surface area (Å²) in [5.41, 5.74) is 0. The van der Waals surface area contributed by atoms with Gasteiger partial charge in [-0.05, 0) is 6.42 Å². The van der Waals surface area contributed by atoms with Crippen LogP contribution in [0, 0.1) is 0 Å². The van der Waals surface area contributed by atoms with Crippen LogP contribution in [0.15, 0.2) is 0 Å². The Balaban J connectivity index is 2.07. The van der Waals surface area contributed by atoms with E-state index >= 15 is 0 Å². The van der Waals surface area contributed by atoms with Gasteiger partial charge in [-0.2, -0.15) is 0 Å². The molecular weight excluding hydrogens is 152 g/mol. The van der Waals surface area contributed by atoms with Crippen molar-refractivity contribution in [3.63, 3.8) is 0 Å². The molecular formula is C9H18N2O. The summed E-state index contributed by atoms with van der Waals surface area (Å²) >= 11 is 0. The van der Waals surface area contributed by atoms with Crippen LogP contribution < -0.4 is 0 Å². The molecule has 3 heterocycles. The van der Waals surface area contributed by atoms with Crippen molar-refractivity contribution < 1.29 is 5.11 Å². The van der Waals surface area contributed by atoms with Gasteiger partial charge in [0.1, 0.15) is 0 Å². The molecule has 0 saturated carbocycles. The molecule has 0 aromatic heterocycles. The summed E-state index contributed by atoms with van der Waals surface area (Å²) in [5.74, 6) is 0. The second-order valence-electron chi connectivity index (χ2n) is 3.97. The standard InChI is InChI=1S/C9H18N2O/c1-2-8-5-10-3-4-11(8)7-9(12)6-10/h8-9,12H,2-7H2,1H3. The average Bonchev–Trinajstić information content (AvgIpc) is 2.32. The van der Waals surface area contributed by atoms with Gasteiger partial charge >= 0.3 is 0 Å². The fraction of sp³-hybridized carbons (Fsp3) is 1.00. The van der Waals surface area contributed by atoms with Crippen LogP contribution in [0.4, 0.5) is 0 Å². The summed E-state index contributed by atoms with van der Waals surface area (Å²) in [6.45, 7) is 7.46. The monoisotopic (exact) mass is 170 g/mol. The number of piperazine rings is 1. The minimum atomic E-state index is -0.121. The van der Waals surface area contributed by atoms with Crippen molar-refractivity contribution in [2.75, 3.05) is 32.7 Å². The van der Waals surface area contributed by atoms with Gasteiger partial charge in [0, 0.05) is 38.8 Å². The Hall–Kier alpha value is -0.120. The van der Waals surface area contributed by atoms with Gasteiger partial charge in [0.25, 0.3) is 0 Å². The third kappa shape index (κ3) is 1.49. The van der Waals surface area contributed by atoms with E-state index in [-0.39, 0.29) is 6.10 Å². The molecule has 0 aromatic carbocycles. The molecule has 4 unspecified atom stereocenters. The zero-order valence-electron chi connectivity index (χ0n) is 7.74.